The Bertz CT molecular complexity index is 769. The number of hydrogen-bond acceptors (Lipinski definition) is 2. The number of carbonyl (C=O) groups is 1. The van der Waals surface area contributed by atoms with E-state index in [2.05, 4.69) is 4.98 Å². The minimum Gasteiger partial charge on any atom is -0.320 e. The summed E-state index contributed by atoms with van der Waals surface area (Å²) in [4.78, 5) is 16.9. The van der Waals surface area contributed by atoms with Gasteiger partial charge in [-0.15, -0.1) is 0 Å². The summed E-state index contributed by atoms with van der Waals surface area (Å²) >= 11 is 0. The molecule has 3 nitrogen and oxygen atoms in total. The van der Waals surface area contributed by atoms with E-state index >= 15 is 0 Å². The lowest BCUT2D eigenvalue weighted by Gasteiger charge is -2.06. The van der Waals surface area contributed by atoms with Crippen LogP contribution in [0.1, 0.15) is 21.7 Å². The second kappa shape index (κ2) is 4.93. The Kier molecular flexibility index (Phi) is 3.11. The lowest BCUT2D eigenvalue weighted by molar-refractivity contribution is 0.0972. The van der Waals surface area contributed by atoms with Crippen LogP contribution in [0, 0.1) is 13.8 Å². The van der Waals surface area contributed by atoms with Crippen molar-refractivity contribution in [2.24, 2.45) is 0 Å². The first-order valence-electron chi connectivity index (χ1n) is 6.67. The van der Waals surface area contributed by atoms with Gasteiger partial charge in [0.1, 0.15) is 5.82 Å². The number of aryl methyl sites for hydroxylation is 2. The van der Waals surface area contributed by atoms with E-state index in [0.717, 1.165) is 28.0 Å². The maximum Gasteiger partial charge on any atom is 0.182 e. The summed E-state index contributed by atoms with van der Waals surface area (Å²) in [6, 6.07) is 15.6. The molecule has 100 valence electrons. The molecule has 0 saturated heterocycles. The summed E-state index contributed by atoms with van der Waals surface area (Å²) in [6.07, 6.45) is 0. The average molecular weight is 264 g/mol. The Morgan fingerprint density at radius 2 is 1.75 bits per heavy atom. The molecule has 0 spiro atoms. The summed E-state index contributed by atoms with van der Waals surface area (Å²) in [7, 11) is 0. The molecule has 3 rings (SSSR count). The van der Waals surface area contributed by atoms with E-state index in [1.54, 1.807) is 0 Å². The van der Waals surface area contributed by atoms with Gasteiger partial charge in [-0.2, -0.15) is 0 Å². The topological polar surface area (TPSA) is 34.9 Å². The van der Waals surface area contributed by atoms with Crippen molar-refractivity contribution >= 4 is 16.8 Å². The van der Waals surface area contributed by atoms with E-state index < -0.39 is 0 Å². The second-order valence-corrected chi connectivity index (χ2v) is 5.02. The summed E-state index contributed by atoms with van der Waals surface area (Å²) in [6.45, 7) is 4.28. The van der Waals surface area contributed by atoms with Crippen LogP contribution >= 0.6 is 0 Å². The Morgan fingerprint density at radius 1 is 1.05 bits per heavy atom. The number of aromatic nitrogens is 2. The molecule has 1 heterocycles. The Morgan fingerprint density at radius 3 is 2.50 bits per heavy atom. The lowest BCUT2D eigenvalue weighted by Crippen LogP contribution is -2.11. The number of para-hydroxylation sites is 2. The van der Waals surface area contributed by atoms with Gasteiger partial charge in [0.2, 0.25) is 0 Å². The molecule has 0 aliphatic rings. The third-order valence-electron chi connectivity index (χ3n) is 3.52. The largest absolute Gasteiger partial charge is 0.320 e. The molecule has 0 saturated carbocycles. The number of nitrogens with zero attached hydrogens (tertiary/aromatic N) is 2. The molecule has 0 aliphatic carbocycles. The summed E-state index contributed by atoms with van der Waals surface area (Å²) in [5.74, 6) is 0.975. The molecule has 0 radical (unpaired) electrons. The fourth-order valence-corrected chi connectivity index (χ4v) is 2.37. The van der Waals surface area contributed by atoms with Gasteiger partial charge in [0.15, 0.2) is 5.78 Å². The zero-order chi connectivity index (χ0) is 14.1. The quantitative estimate of drug-likeness (QED) is 0.678. The highest BCUT2D eigenvalue weighted by molar-refractivity contribution is 5.96. The van der Waals surface area contributed by atoms with Crippen molar-refractivity contribution in [2.45, 2.75) is 20.4 Å². The number of carbonyl (C=O) groups excluding carboxylic acids is 1. The van der Waals surface area contributed by atoms with Crippen molar-refractivity contribution in [1.29, 1.82) is 0 Å². The fraction of sp³-hybridized carbons (Fsp3) is 0.176. The molecule has 1 aromatic heterocycles. The van der Waals surface area contributed by atoms with E-state index in [-0.39, 0.29) is 5.78 Å². The van der Waals surface area contributed by atoms with Gasteiger partial charge in [-0.3, -0.25) is 4.79 Å². The zero-order valence-electron chi connectivity index (χ0n) is 11.6. The SMILES string of the molecule is Cc1ccc(C(=O)Cn2c(C)nc3ccccc32)cc1. The number of hydrogen-bond donors (Lipinski definition) is 0. The van der Waals surface area contributed by atoms with Crippen LogP contribution < -0.4 is 0 Å². The van der Waals surface area contributed by atoms with Gasteiger partial charge in [-0.25, -0.2) is 4.98 Å². The van der Waals surface area contributed by atoms with Crippen molar-refractivity contribution in [3.63, 3.8) is 0 Å². The number of fused-ring (bicyclic) bond motifs is 1. The lowest BCUT2D eigenvalue weighted by atomic mass is 10.1. The molecule has 2 aromatic carbocycles. The minimum atomic E-state index is 0.108. The van der Waals surface area contributed by atoms with Crippen LogP contribution in [0.4, 0.5) is 0 Å². The first-order valence-corrected chi connectivity index (χ1v) is 6.67. The smallest absolute Gasteiger partial charge is 0.182 e. The van der Waals surface area contributed by atoms with E-state index in [0.29, 0.717) is 6.54 Å². The molecule has 0 N–H and O–H groups in total. The van der Waals surface area contributed by atoms with Crippen molar-refractivity contribution < 1.29 is 4.79 Å². The van der Waals surface area contributed by atoms with Crippen LogP contribution in [-0.2, 0) is 6.54 Å². The van der Waals surface area contributed by atoms with Gasteiger partial charge in [0.25, 0.3) is 0 Å². The molecular formula is C17H16N2O. The highest BCUT2D eigenvalue weighted by atomic mass is 16.1. The normalized spacial score (nSPS) is 10.9. The number of rotatable bonds is 3. The molecule has 0 bridgehead atoms. The fourth-order valence-electron chi connectivity index (χ4n) is 2.37. The molecule has 3 aromatic rings. The Hall–Kier alpha value is -2.42. The maximum atomic E-state index is 12.4. The van der Waals surface area contributed by atoms with E-state index in [1.165, 1.54) is 0 Å². The van der Waals surface area contributed by atoms with Crippen molar-refractivity contribution in [2.75, 3.05) is 0 Å². The zero-order valence-corrected chi connectivity index (χ0v) is 11.6. The third kappa shape index (κ3) is 2.23. The number of Topliss-reactive ketones (excluding diaryl/α,β-unsaturated/α-hetero) is 1. The van der Waals surface area contributed by atoms with Crippen LogP contribution in [0.2, 0.25) is 0 Å². The molecule has 0 unspecified atom stereocenters. The highest BCUT2D eigenvalue weighted by Crippen LogP contribution is 2.16. The molecule has 0 atom stereocenters. The van der Waals surface area contributed by atoms with Crippen LogP contribution in [-0.4, -0.2) is 15.3 Å². The molecule has 0 aliphatic heterocycles. The first kappa shape index (κ1) is 12.6. The van der Waals surface area contributed by atoms with Gasteiger partial charge in [0.05, 0.1) is 17.6 Å². The van der Waals surface area contributed by atoms with Gasteiger partial charge in [-0.1, -0.05) is 42.0 Å². The maximum absolute atomic E-state index is 12.4. The molecule has 3 heteroatoms. The summed E-state index contributed by atoms with van der Waals surface area (Å²) in [5.41, 5.74) is 3.84. The van der Waals surface area contributed by atoms with Crippen LogP contribution in [0.25, 0.3) is 11.0 Å². The Balaban J connectivity index is 1.95. The molecule has 0 fully saturated rings. The van der Waals surface area contributed by atoms with Gasteiger partial charge >= 0.3 is 0 Å². The van der Waals surface area contributed by atoms with Crippen LogP contribution in [0.15, 0.2) is 48.5 Å². The van der Waals surface area contributed by atoms with Crippen LogP contribution in [0.3, 0.4) is 0 Å². The van der Waals surface area contributed by atoms with E-state index in [1.807, 2.05) is 66.9 Å². The monoisotopic (exact) mass is 264 g/mol. The first-order chi connectivity index (χ1) is 9.65. The van der Waals surface area contributed by atoms with Crippen molar-refractivity contribution in [3.8, 4) is 0 Å². The standard InChI is InChI=1S/C17H16N2O/c1-12-7-9-14(10-8-12)17(20)11-19-13(2)18-15-5-3-4-6-16(15)19/h3-10H,11H2,1-2H3. The predicted octanol–water partition coefficient (Wildman–Crippen LogP) is 3.54. The average Bonchev–Trinajstić information content (AvgIpc) is 2.76. The summed E-state index contributed by atoms with van der Waals surface area (Å²) < 4.78 is 1.97. The summed E-state index contributed by atoms with van der Waals surface area (Å²) in [5, 5.41) is 0. The second-order valence-electron chi connectivity index (χ2n) is 5.02. The highest BCUT2D eigenvalue weighted by Gasteiger charge is 2.12. The number of imidazole rings is 1. The molecule has 20 heavy (non-hydrogen) atoms. The molecular weight excluding hydrogens is 248 g/mol. The molecule has 0 amide bonds. The van der Waals surface area contributed by atoms with Crippen molar-refractivity contribution in [3.05, 3.63) is 65.5 Å². The van der Waals surface area contributed by atoms with Crippen LogP contribution in [0.5, 0.6) is 0 Å². The van der Waals surface area contributed by atoms with Crippen molar-refractivity contribution in [1.82, 2.24) is 9.55 Å². The predicted molar refractivity (Wildman–Crippen MR) is 80.0 cm³/mol. The van der Waals surface area contributed by atoms with Gasteiger partial charge < -0.3 is 4.57 Å². The third-order valence-corrected chi connectivity index (χ3v) is 3.52. The van der Waals surface area contributed by atoms with E-state index in [4.69, 9.17) is 0 Å². The Labute approximate surface area is 117 Å². The van der Waals surface area contributed by atoms with Gasteiger partial charge in [0, 0.05) is 5.56 Å². The van der Waals surface area contributed by atoms with E-state index in [9.17, 15) is 4.79 Å². The minimum absolute atomic E-state index is 0.108. The number of ketones is 1. The van der Waals surface area contributed by atoms with Gasteiger partial charge in [-0.05, 0) is 26.0 Å². The number of benzene rings is 2.